The third kappa shape index (κ3) is 4.03. The third-order valence-electron chi connectivity index (χ3n) is 2.10. The van der Waals surface area contributed by atoms with Crippen molar-refractivity contribution in [1.29, 1.82) is 0 Å². The summed E-state index contributed by atoms with van der Waals surface area (Å²) in [6.45, 7) is 2.94. The molecule has 0 N–H and O–H groups in total. The Morgan fingerprint density at radius 1 is 1.31 bits per heavy atom. The molecule has 1 atom stereocenters. The van der Waals surface area contributed by atoms with Gasteiger partial charge in [-0.25, -0.2) is 0 Å². The minimum atomic E-state index is -0.576. The van der Waals surface area contributed by atoms with Crippen LogP contribution < -0.4 is 0 Å². The first-order valence-corrected chi connectivity index (χ1v) is 5.33. The number of benzene rings is 1. The lowest BCUT2D eigenvalue weighted by atomic mass is 10.0. The molecule has 0 amide bonds. The summed E-state index contributed by atoms with van der Waals surface area (Å²) in [5.41, 5.74) is 0.984. The van der Waals surface area contributed by atoms with Gasteiger partial charge in [0, 0.05) is 11.9 Å². The van der Waals surface area contributed by atoms with Crippen LogP contribution in [0.5, 0.6) is 0 Å². The number of halogens is 1. The molecule has 0 saturated carbocycles. The highest BCUT2D eigenvalue weighted by atomic mass is 35.5. The van der Waals surface area contributed by atoms with E-state index in [4.69, 9.17) is 11.6 Å². The zero-order valence-electron chi connectivity index (χ0n) is 9.20. The molecule has 0 aliphatic heterocycles. The maximum absolute atomic E-state index is 11.4. The van der Waals surface area contributed by atoms with Crippen LogP contribution in [0.4, 0.5) is 0 Å². The molecular weight excluding hydrogens is 228 g/mol. The minimum Gasteiger partial charge on any atom is -0.393 e. The van der Waals surface area contributed by atoms with Gasteiger partial charge in [-0.15, -0.1) is 0 Å². The van der Waals surface area contributed by atoms with Gasteiger partial charge in [-0.2, -0.15) is 0 Å². The normalized spacial score (nSPS) is 11.9. The van der Waals surface area contributed by atoms with Gasteiger partial charge in [-0.3, -0.25) is 9.59 Å². The van der Waals surface area contributed by atoms with E-state index >= 15 is 0 Å². The summed E-state index contributed by atoms with van der Waals surface area (Å²) in [4.78, 5) is 22.0. The van der Waals surface area contributed by atoms with Gasteiger partial charge in [0.1, 0.15) is 0 Å². The van der Waals surface area contributed by atoms with Crippen LogP contribution in [0.25, 0.3) is 0 Å². The average molecular weight is 241 g/mol. The molecule has 0 fully saturated rings. The van der Waals surface area contributed by atoms with E-state index < -0.39 is 11.9 Å². The van der Waals surface area contributed by atoms with Gasteiger partial charge in [0.25, 0.3) is 0 Å². The molecule has 16 heavy (non-hydrogen) atoms. The molecule has 0 spiro atoms. The molecule has 4 heteroatoms. The van der Waals surface area contributed by atoms with E-state index in [-0.39, 0.29) is 5.92 Å². The van der Waals surface area contributed by atoms with E-state index in [0.29, 0.717) is 11.4 Å². The number of carbonyl (C=O) groups is 2. The van der Waals surface area contributed by atoms with Gasteiger partial charge in [0.15, 0.2) is 0 Å². The molecule has 0 aliphatic carbocycles. The van der Waals surface area contributed by atoms with Gasteiger partial charge in [-0.1, -0.05) is 30.7 Å². The van der Waals surface area contributed by atoms with Crippen molar-refractivity contribution in [2.45, 2.75) is 20.3 Å². The van der Waals surface area contributed by atoms with Crippen LogP contribution in [-0.2, 0) is 20.7 Å². The zero-order valence-corrected chi connectivity index (χ0v) is 9.95. The van der Waals surface area contributed by atoms with Crippen LogP contribution in [0.3, 0.4) is 0 Å². The van der Waals surface area contributed by atoms with E-state index in [1.165, 1.54) is 6.92 Å². The maximum Gasteiger partial charge on any atom is 0.316 e. The topological polar surface area (TPSA) is 43.4 Å². The fourth-order valence-electron chi connectivity index (χ4n) is 1.30. The van der Waals surface area contributed by atoms with Crippen molar-refractivity contribution >= 4 is 23.5 Å². The Labute approximate surface area is 99.4 Å². The summed E-state index contributed by atoms with van der Waals surface area (Å²) >= 11 is 5.74. The van der Waals surface area contributed by atoms with Crippen molar-refractivity contribution < 1.29 is 14.3 Å². The molecule has 0 aromatic heterocycles. The highest BCUT2D eigenvalue weighted by Gasteiger charge is 2.16. The molecule has 1 rings (SSSR count). The molecule has 1 aromatic rings. The Bertz CT molecular complexity index is 384. The van der Waals surface area contributed by atoms with E-state index in [1.54, 1.807) is 19.1 Å². The van der Waals surface area contributed by atoms with Crippen molar-refractivity contribution in [3.63, 3.8) is 0 Å². The quantitative estimate of drug-likeness (QED) is 0.603. The van der Waals surface area contributed by atoms with Gasteiger partial charge in [0.05, 0.1) is 5.92 Å². The molecule has 0 heterocycles. The largest absolute Gasteiger partial charge is 0.393 e. The van der Waals surface area contributed by atoms with Crippen LogP contribution >= 0.6 is 11.6 Å². The third-order valence-corrected chi connectivity index (χ3v) is 2.35. The SMILES string of the molecule is CC(=O)OC(=O)C(C)Cc1ccc(Cl)cc1. The Kier molecular flexibility index (Phi) is 4.50. The number of ether oxygens (including phenoxy) is 1. The van der Waals surface area contributed by atoms with Crippen LogP contribution in [0.2, 0.25) is 5.02 Å². The molecule has 0 radical (unpaired) electrons. The zero-order chi connectivity index (χ0) is 12.1. The van der Waals surface area contributed by atoms with Crippen molar-refractivity contribution in [3.05, 3.63) is 34.9 Å². The standard InChI is InChI=1S/C12H13ClO3/c1-8(12(15)16-9(2)14)7-10-3-5-11(13)6-4-10/h3-6,8H,7H2,1-2H3. The Morgan fingerprint density at radius 3 is 2.38 bits per heavy atom. The van der Waals surface area contributed by atoms with Gasteiger partial charge in [-0.05, 0) is 24.1 Å². The fourth-order valence-corrected chi connectivity index (χ4v) is 1.43. The summed E-state index contributed by atoms with van der Waals surface area (Å²) in [7, 11) is 0. The van der Waals surface area contributed by atoms with Crippen molar-refractivity contribution in [2.24, 2.45) is 5.92 Å². The molecule has 1 unspecified atom stereocenters. The maximum atomic E-state index is 11.4. The molecule has 0 aliphatic rings. The van der Waals surface area contributed by atoms with Crippen molar-refractivity contribution in [3.8, 4) is 0 Å². The molecular formula is C12H13ClO3. The first-order chi connectivity index (χ1) is 7.49. The lowest BCUT2D eigenvalue weighted by molar-refractivity contribution is -0.160. The van der Waals surface area contributed by atoms with E-state index in [9.17, 15) is 9.59 Å². The fraction of sp³-hybridized carbons (Fsp3) is 0.333. The summed E-state index contributed by atoms with van der Waals surface area (Å²) in [6.07, 6.45) is 0.531. The average Bonchev–Trinajstić information content (AvgIpc) is 2.20. The summed E-state index contributed by atoms with van der Waals surface area (Å²) in [5.74, 6) is -1.42. The Hall–Kier alpha value is -1.35. The number of carbonyl (C=O) groups excluding carboxylic acids is 2. The second-order valence-electron chi connectivity index (χ2n) is 3.64. The summed E-state index contributed by atoms with van der Waals surface area (Å²) < 4.78 is 4.50. The van der Waals surface area contributed by atoms with Crippen molar-refractivity contribution in [2.75, 3.05) is 0 Å². The van der Waals surface area contributed by atoms with Gasteiger partial charge in [0.2, 0.25) is 0 Å². The Morgan fingerprint density at radius 2 is 1.88 bits per heavy atom. The van der Waals surface area contributed by atoms with Crippen LogP contribution in [-0.4, -0.2) is 11.9 Å². The predicted molar refractivity (Wildman–Crippen MR) is 61.1 cm³/mol. The second-order valence-corrected chi connectivity index (χ2v) is 4.08. The van der Waals surface area contributed by atoms with Gasteiger partial charge < -0.3 is 4.74 Å². The monoisotopic (exact) mass is 240 g/mol. The van der Waals surface area contributed by atoms with E-state index in [2.05, 4.69) is 4.74 Å². The highest BCUT2D eigenvalue weighted by Crippen LogP contribution is 2.14. The Balaban J connectivity index is 2.57. The highest BCUT2D eigenvalue weighted by molar-refractivity contribution is 6.30. The van der Waals surface area contributed by atoms with Gasteiger partial charge >= 0.3 is 11.9 Å². The number of hydrogen-bond acceptors (Lipinski definition) is 3. The van der Waals surface area contributed by atoms with E-state index in [1.807, 2.05) is 12.1 Å². The van der Waals surface area contributed by atoms with Crippen molar-refractivity contribution in [1.82, 2.24) is 0 Å². The first kappa shape index (κ1) is 12.7. The summed E-state index contributed by atoms with van der Waals surface area (Å²) in [5, 5.41) is 0.655. The first-order valence-electron chi connectivity index (χ1n) is 4.95. The smallest absolute Gasteiger partial charge is 0.316 e. The van der Waals surface area contributed by atoms with Crippen LogP contribution in [0.1, 0.15) is 19.4 Å². The predicted octanol–water partition coefficient (Wildman–Crippen LogP) is 2.61. The second kappa shape index (κ2) is 5.66. The van der Waals surface area contributed by atoms with E-state index in [0.717, 1.165) is 5.56 Å². The lowest BCUT2D eigenvalue weighted by Gasteiger charge is -2.09. The number of rotatable bonds is 3. The van der Waals surface area contributed by atoms with Crippen LogP contribution in [0.15, 0.2) is 24.3 Å². The molecule has 3 nitrogen and oxygen atoms in total. The molecule has 0 saturated heterocycles. The number of hydrogen-bond donors (Lipinski definition) is 0. The number of esters is 2. The van der Waals surface area contributed by atoms with Crippen LogP contribution in [0, 0.1) is 5.92 Å². The molecule has 86 valence electrons. The molecule has 1 aromatic carbocycles. The molecule has 0 bridgehead atoms. The summed E-state index contributed by atoms with van der Waals surface area (Å²) in [6, 6.07) is 7.22. The lowest BCUT2D eigenvalue weighted by Crippen LogP contribution is -2.19. The minimum absolute atomic E-state index is 0.343.